The lowest BCUT2D eigenvalue weighted by atomic mass is 10.0. The lowest BCUT2D eigenvalue weighted by Gasteiger charge is -2.36. The van der Waals surface area contributed by atoms with Crippen molar-refractivity contribution in [2.45, 2.75) is 45.2 Å². The molecule has 2 amide bonds. The van der Waals surface area contributed by atoms with Gasteiger partial charge >= 0.3 is 0 Å². The van der Waals surface area contributed by atoms with Crippen LogP contribution in [0.3, 0.4) is 0 Å². The number of hydrogen-bond donors (Lipinski definition) is 0. The number of carbonyl (C=O) groups excluding carboxylic acids is 2. The summed E-state index contributed by atoms with van der Waals surface area (Å²) >= 11 is 0. The maximum Gasteiger partial charge on any atom is 0.219 e. The third-order valence-corrected chi connectivity index (χ3v) is 4.67. The third-order valence-electron chi connectivity index (χ3n) is 4.67. The lowest BCUT2D eigenvalue weighted by molar-refractivity contribution is -0.131. The number of carbonyl (C=O) groups is 2. The fraction of sp³-hybridized carbons (Fsp3) is 0.857. The molecule has 0 aromatic heterocycles. The predicted octanol–water partition coefficient (Wildman–Crippen LogP) is 0.550. The van der Waals surface area contributed by atoms with E-state index in [1.54, 1.807) is 13.8 Å². The van der Waals surface area contributed by atoms with Crippen molar-refractivity contribution in [1.29, 1.82) is 0 Å². The Morgan fingerprint density at radius 2 is 1.68 bits per heavy atom. The minimum absolute atomic E-state index is 0.151. The molecule has 2 aliphatic heterocycles. The molecule has 0 bridgehead atoms. The Labute approximate surface area is 115 Å². The van der Waals surface area contributed by atoms with Gasteiger partial charge in [0.1, 0.15) is 0 Å². The smallest absolute Gasteiger partial charge is 0.219 e. The van der Waals surface area contributed by atoms with E-state index in [9.17, 15) is 9.59 Å². The predicted molar refractivity (Wildman–Crippen MR) is 73.7 cm³/mol. The first-order valence-electron chi connectivity index (χ1n) is 7.22. The fourth-order valence-corrected chi connectivity index (χ4v) is 3.22. The minimum Gasteiger partial charge on any atom is -0.343 e. The third kappa shape index (κ3) is 3.26. The highest BCUT2D eigenvalue weighted by molar-refractivity contribution is 5.73. The first-order valence-corrected chi connectivity index (χ1v) is 7.22. The first kappa shape index (κ1) is 14.3. The van der Waals surface area contributed by atoms with Crippen LogP contribution in [0.4, 0.5) is 0 Å². The van der Waals surface area contributed by atoms with Crippen molar-refractivity contribution in [3.63, 3.8) is 0 Å². The van der Waals surface area contributed by atoms with Crippen LogP contribution in [0.15, 0.2) is 0 Å². The van der Waals surface area contributed by atoms with Gasteiger partial charge in [-0.3, -0.25) is 14.5 Å². The highest BCUT2D eigenvalue weighted by atomic mass is 16.2. The van der Waals surface area contributed by atoms with Gasteiger partial charge in [0, 0.05) is 59.2 Å². The van der Waals surface area contributed by atoms with E-state index >= 15 is 0 Å². The Bertz CT molecular complexity index is 351. The molecule has 5 heteroatoms. The van der Waals surface area contributed by atoms with E-state index < -0.39 is 0 Å². The van der Waals surface area contributed by atoms with Crippen molar-refractivity contribution in [2.24, 2.45) is 0 Å². The van der Waals surface area contributed by atoms with Crippen molar-refractivity contribution < 1.29 is 9.59 Å². The molecule has 0 saturated carbocycles. The molecule has 1 atom stereocenters. The molecular weight excluding hydrogens is 242 g/mol. The Morgan fingerprint density at radius 1 is 1.05 bits per heavy atom. The zero-order valence-electron chi connectivity index (χ0n) is 12.3. The van der Waals surface area contributed by atoms with E-state index in [4.69, 9.17) is 0 Å². The lowest BCUT2D eigenvalue weighted by Crippen LogP contribution is -2.46. The molecular formula is C14H25N3O2. The Kier molecular flexibility index (Phi) is 4.45. The van der Waals surface area contributed by atoms with Crippen molar-refractivity contribution >= 4 is 11.8 Å². The first-order chi connectivity index (χ1) is 8.99. The van der Waals surface area contributed by atoms with Crippen molar-refractivity contribution in [3.8, 4) is 0 Å². The van der Waals surface area contributed by atoms with Gasteiger partial charge in [0.15, 0.2) is 0 Å². The van der Waals surface area contributed by atoms with Crippen molar-refractivity contribution in [3.05, 3.63) is 0 Å². The van der Waals surface area contributed by atoms with E-state index in [-0.39, 0.29) is 11.8 Å². The number of hydrogen-bond acceptors (Lipinski definition) is 3. The van der Waals surface area contributed by atoms with Gasteiger partial charge in [-0.1, -0.05) is 0 Å². The zero-order chi connectivity index (χ0) is 14.0. The highest BCUT2D eigenvalue weighted by Gasteiger charge is 2.33. The van der Waals surface area contributed by atoms with Gasteiger partial charge in [-0.25, -0.2) is 0 Å². The fourth-order valence-electron chi connectivity index (χ4n) is 3.22. The summed E-state index contributed by atoms with van der Waals surface area (Å²) in [4.78, 5) is 29.0. The molecule has 2 fully saturated rings. The Morgan fingerprint density at radius 3 is 2.21 bits per heavy atom. The van der Waals surface area contributed by atoms with Gasteiger partial charge in [0.2, 0.25) is 11.8 Å². The molecule has 2 aliphatic rings. The molecule has 19 heavy (non-hydrogen) atoms. The van der Waals surface area contributed by atoms with Gasteiger partial charge in [-0.2, -0.15) is 0 Å². The number of amides is 2. The van der Waals surface area contributed by atoms with Crippen LogP contribution in [0.1, 0.15) is 33.1 Å². The summed E-state index contributed by atoms with van der Waals surface area (Å²) in [6.07, 6.45) is 3.20. The quantitative estimate of drug-likeness (QED) is 0.734. The summed E-state index contributed by atoms with van der Waals surface area (Å²) in [6, 6.07) is 0.948. The normalized spacial score (nSPS) is 25.6. The van der Waals surface area contributed by atoms with Crippen molar-refractivity contribution in [1.82, 2.24) is 14.7 Å². The summed E-state index contributed by atoms with van der Waals surface area (Å²) in [6.45, 7) is 7.10. The van der Waals surface area contributed by atoms with Crippen LogP contribution in [0.25, 0.3) is 0 Å². The molecule has 0 N–H and O–H groups in total. The SMILES string of the molecule is CC(=O)N1CCC(N2CCC(N(C)C(C)=O)C2)CC1. The average Bonchev–Trinajstić information content (AvgIpc) is 2.87. The number of likely N-dealkylation sites (tertiary alicyclic amines) is 2. The minimum atomic E-state index is 0.151. The van der Waals surface area contributed by atoms with Crippen LogP contribution >= 0.6 is 0 Å². The topological polar surface area (TPSA) is 43.9 Å². The second-order valence-electron chi connectivity index (χ2n) is 5.80. The van der Waals surface area contributed by atoms with E-state index in [0.717, 1.165) is 45.4 Å². The standard InChI is InChI=1S/C14H25N3O2/c1-11(18)15(3)14-6-9-17(10-14)13-4-7-16(8-5-13)12(2)19/h13-14H,4-10H2,1-3H3. The van der Waals surface area contributed by atoms with Crippen LogP contribution in [0.5, 0.6) is 0 Å². The molecule has 0 aromatic carbocycles. The number of likely N-dealkylation sites (N-methyl/N-ethyl adjacent to an activating group) is 1. The summed E-state index contributed by atoms with van der Waals surface area (Å²) in [7, 11) is 1.90. The summed E-state index contributed by atoms with van der Waals surface area (Å²) in [5.74, 6) is 0.340. The molecule has 0 aliphatic carbocycles. The summed E-state index contributed by atoms with van der Waals surface area (Å²) < 4.78 is 0. The average molecular weight is 267 g/mol. The van der Waals surface area contributed by atoms with Gasteiger partial charge in [0.25, 0.3) is 0 Å². The second kappa shape index (κ2) is 5.90. The molecule has 1 unspecified atom stereocenters. The van der Waals surface area contributed by atoms with Crippen LogP contribution in [-0.4, -0.2) is 71.8 Å². The molecule has 0 radical (unpaired) electrons. The monoisotopic (exact) mass is 267 g/mol. The molecule has 5 nitrogen and oxygen atoms in total. The van der Waals surface area contributed by atoms with Crippen LogP contribution in [0, 0.1) is 0 Å². The summed E-state index contributed by atoms with van der Waals surface area (Å²) in [5, 5.41) is 0. The Hall–Kier alpha value is -1.10. The van der Waals surface area contributed by atoms with E-state index in [0.29, 0.717) is 12.1 Å². The van der Waals surface area contributed by atoms with Gasteiger partial charge in [0.05, 0.1) is 0 Å². The second-order valence-corrected chi connectivity index (χ2v) is 5.80. The van der Waals surface area contributed by atoms with Gasteiger partial charge in [-0.15, -0.1) is 0 Å². The van der Waals surface area contributed by atoms with E-state index in [1.807, 2.05) is 16.8 Å². The number of rotatable bonds is 2. The van der Waals surface area contributed by atoms with Crippen LogP contribution in [0.2, 0.25) is 0 Å². The van der Waals surface area contributed by atoms with Gasteiger partial charge < -0.3 is 9.80 Å². The molecule has 2 rings (SSSR count). The largest absolute Gasteiger partial charge is 0.343 e. The maximum absolute atomic E-state index is 11.4. The Balaban J connectivity index is 1.82. The van der Waals surface area contributed by atoms with Crippen molar-refractivity contribution in [2.75, 3.05) is 33.2 Å². The molecule has 0 aromatic rings. The van der Waals surface area contributed by atoms with E-state index in [2.05, 4.69) is 4.90 Å². The van der Waals surface area contributed by atoms with Crippen LogP contribution < -0.4 is 0 Å². The molecule has 2 saturated heterocycles. The number of piperidine rings is 1. The van der Waals surface area contributed by atoms with Gasteiger partial charge in [-0.05, 0) is 19.3 Å². The maximum atomic E-state index is 11.4. The molecule has 108 valence electrons. The van der Waals surface area contributed by atoms with E-state index in [1.165, 1.54) is 0 Å². The summed E-state index contributed by atoms with van der Waals surface area (Å²) in [5.41, 5.74) is 0. The molecule has 0 spiro atoms. The highest BCUT2D eigenvalue weighted by Crippen LogP contribution is 2.23. The molecule has 2 heterocycles. The number of nitrogens with zero attached hydrogens (tertiary/aromatic N) is 3. The van der Waals surface area contributed by atoms with Crippen LogP contribution in [-0.2, 0) is 9.59 Å². The zero-order valence-corrected chi connectivity index (χ0v) is 12.3.